The Morgan fingerprint density at radius 2 is 1.82 bits per heavy atom. The van der Waals surface area contributed by atoms with E-state index in [-0.39, 0.29) is 17.9 Å². The van der Waals surface area contributed by atoms with Crippen LogP contribution >= 0.6 is 11.6 Å². The third kappa shape index (κ3) is 6.57. The monoisotopic (exact) mass is 560 g/mol. The van der Waals surface area contributed by atoms with Gasteiger partial charge in [0, 0.05) is 74.2 Å². The first-order valence-electron chi connectivity index (χ1n) is 13.9. The summed E-state index contributed by atoms with van der Waals surface area (Å²) in [7, 11) is 0. The molecule has 0 unspecified atom stereocenters. The summed E-state index contributed by atoms with van der Waals surface area (Å²) in [5.41, 5.74) is 6.02. The summed E-state index contributed by atoms with van der Waals surface area (Å²) < 4.78 is 0. The van der Waals surface area contributed by atoms with Gasteiger partial charge >= 0.3 is 0 Å². The summed E-state index contributed by atoms with van der Waals surface area (Å²) in [6.07, 6.45) is 1.87. The Morgan fingerprint density at radius 1 is 1.02 bits per heavy atom. The summed E-state index contributed by atoms with van der Waals surface area (Å²) in [6.45, 7) is 11.4. The van der Waals surface area contributed by atoms with Crippen LogP contribution in [0.1, 0.15) is 35.3 Å². The van der Waals surface area contributed by atoms with Gasteiger partial charge in [0.2, 0.25) is 5.91 Å². The van der Waals surface area contributed by atoms with E-state index in [0.29, 0.717) is 38.3 Å². The number of piperazine rings is 1. The number of pyridine rings is 1. The summed E-state index contributed by atoms with van der Waals surface area (Å²) in [5, 5.41) is 7.08. The molecule has 2 N–H and O–H groups in total. The number of aromatic nitrogens is 1. The first kappa shape index (κ1) is 27.9. The third-order valence-electron chi connectivity index (χ3n) is 7.47. The smallest absolute Gasteiger partial charge is 0.253 e. The number of rotatable bonds is 7. The van der Waals surface area contributed by atoms with Gasteiger partial charge in [-0.25, -0.2) is 4.98 Å². The fourth-order valence-electron chi connectivity index (χ4n) is 5.29. The van der Waals surface area contributed by atoms with Gasteiger partial charge in [-0.2, -0.15) is 0 Å². The van der Waals surface area contributed by atoms with Crippen molar-refractivity contribution in [1.82, 2.24) is 20.1 Å². The second-order valence-electron chi connectivity index (χ2n) is 10.9. The number of nitrogens with one attached hydrogen (secondary N) is 2. The number of halogens is 1. The minimum atomic E-state index is 0.0128. The molecule has 2 amide bonds. The van der Waals surface area contributed by atoms with Gasteiger partial charge < -0.3 is 20.4 Å². The Bertz CT molecular complexity index is 1390. The van der Waals surface area contributed by atoms with E-state index in [2.05, 4.69) is 39.5 Å². The van der Waals surface area contributed by atoms with E-state index >= 15 is 0 Å². The average Bonchev–Trinajstić information content (AvgIpc) is 2.94. The van der Waals surface area contributed by atoms with Crippen LogP contribution in [0, 0.1) is 6.92 Å². The maximum absolute atomic E-state index is 13.4. The molecule has 0 aliphatic carbocycles. The molecule has 0 saturated carbocycles. The molecule has 0 radical (unpaired) electrons. The predicted octanol–water partition coefficient (Wildman–Crippen LogP) is 4.42. The van der Waals surface area contributed by atoms with E-state index in [1.54, 1.807) is 0 Å². The largest absolute Gasteiger partial charge is 0.367 e. The van der Waals surface area contributed by atoms with Gasteiger partial charge in [0.25, 0.3) is 5.91 Å². The number of hydrogen-bond acceptors (Lipinski definition) is 6. The number of anilines is 2. The first-order chi connectivity index (χ1) is 19.3. The van der Waals surface area contributed by atoms with Crippen molar-refractivity contribution in [3.63, 3.8) is 0 Å². The molecule has 2 aliphatic heterocycles. The van der Waals surface area contributed by atoms with Crippen LogP contribution in [0.5, 0.6) is 0 Å². The highest BCUT2D eigenvalue weighted by Crippen LogP contribution is 2.33. The van der Waals surface area contributed by atoms with Gasteiger partial charge in [-0.1, -0.05) is 29.8 Å². The second-order valence-corrected chi connectivity index (χ2v) is 11.3. The van der Waals surface area contributed by atoms with Crippen LogP contribution in [0.15, 0.2) is 54.7 Å². The molecule has 5 rings (SSSR count). The molecule has 3 heterocycles. The maximum Gasteiger partial charge on any atom is 0.253 e. The van der Waals surface area contributed by atoms with E-state index in [4.69, 9.17) is 16.6 Å². The van der Waals surface area contributed by atoms with E-state index in [1.165, 1.54) is 11.1 Å². The number of fused-ring (bicyclic) bond motifs is 1. The number of aryl methyl sites for hydroxylation is 1. The zero-order valence-corrected chi connectivity index (χ0v) is 24.2. The lowest BCUT2D eigenvalue weighted by atomic mass is 10.0. The Morgan fingerprint density at radius 3 is 2.60 bits per heavy atom. The average molecular weight is 561 g/mol. The zero-order chi connectivity index (χ0) is 28.2. The molecular formula is C31H37ClN6O2. The molecule has 40 heavy (non-hydrogen) atoms. The van der Waals surface area contributed by atoms with Crippen LogP contribution in [0.4, 0.5) is 11.5 Å². The quantitative estimate of drug-likeness (QED) is 0.445. The summed E-state index contributed by atoms with van der Waals surface area (Å²) >= 11 is 6.29. The summed E-state index contributed by atoms with van der Waals surface area (Å²) in [5.74, 6) is 0.901. The number of benzene rings is 2. The molecule has 1 aromatic heterocycles. The third-order valence-corrected chi connectivity index (χ3v) is 7.71. The van der Waals surface area contributed by atoms with Crippen molar-refractivity contribution in [1.29, 1.82) is 0 Å². The minimum Gasteiger partial charge on any atom is -0.367 e. The lowest BCUT2D eigenvalue weighted by Crippen LogP contribution is -2.51. The Balaban J connectivity index is 1.29. The van der Waals surface area contributed by atoms with E-state index in [1.807, 2.05) is 61.3 Å². The molecule has 3 aromatic rings. The van der Waals surface area contributed by atoms with Gasteiger partial charge in [-0.05, 0) is 67.8 Å². The molecule has 8 nitrogen and oxygen atoms in total. The molecule has 0 bridgehead atoms. The Hall–Kier alpha value is -3.62. The van der Waals surface area contributed by atoms with Crippen LogP contribution in [0.3, 0.4) is 0 Å². The lowest BCUT2D eigenvalue weighted by Gasteiger charge is -2.34. The number of hydrogen-bond donors (Lipinski definition) is 2. The van der Waals surface area contributed by atoms with E-state index in [9.17, 15) is 9.59 Å². The van der Waals surface area contributed by atoms with E-state index < -0.39 is 0 Å². The van der Waals surface area contributed by atoms with Crippen LogP contribution < -0.4 is 15.5 Å². The van der Waals surface area contributed by atoms with Gasteiger partial charge in [-0.15, -0.1) is 0 Å². The Kier molecular flexibility index (Phi) is 8.57. The fourth-order valence-corrected chi connectivity index (χ4v) is 5.49. The number of nitrogens with zero attached hydrogens (tertiary/aromatic N) is 4. The van der Waals surface area contributed by atoms with Gasteiger partial charge in [0.05, 0.1) is 12.2 Å². The van der Waals surface area contributed by atoms with Crippen molar-refractivity contribution < 1.29 is 9.59 Å². The molecule has 2 aliphatic rings. The topological polar surface area (TPSA) is 80.8 Å². The number of carbonyl (C=O) groups excluding carboxylic acids is 2. The highest BCUT2D eigenvalue weighted by Gasteiger charge is 2.24. The van der Waals surface area contributed by atoms with Crippen molar-refractivity contribution in [3.05, 3.63) is 76.4 Å². The van der Waals surface area contributed by atoms with Crippen molar-refractivity contribution >= 4 is 34.9 Å². The number of amides is 2. The zero-order valence-electron chi connectivity index (χ0n) is 23.4. The molecule has 0 spiro atoms. The maximum atomic E-state index is 13.4. The van der Waals surface area contributed by atoms with Crippen LogP contribution in [0.2, 0.25) is 5.02 Å². The molecular weight excluding hydrogens is 524 g/mol. The molecule has 9 heteroatoms. The second kappa shape index (κ2) is 12.3. The molecule has 1 saturated heterocycles. The van der Waals surface area contributed by atoms with Gasteiger partial charge in [-0.3, -0.25) is 14.5 Å². The number of carbonyl (C=O) groups is 2. The van der Waals surface area contributed by atoms with Crippen molar-refractivity contribution in [2.45, 2.75) is 33.4 Å². The summed E-state index contributed by atoms with van der Waals surface area (Å²) in [6, 6.07) is 16.1. The molecule has 1 fully saturated rings. The standard InChI is InChI=1S/C31H37ClN6O2/c1-21(2)35-29(39)20-36-11-13-37(14-12-36)31(40)24-6-4-5-23(15-24)25-17-28-30(34-18-25)33-9-10-38(28)19-26-16-27(32)8-7-22(26)3/h4-8,15-18,21H,9-14,19-20H2,1-3H3,(H,33,34)(H,35,39). The summed E-state index contributed by atoms with van der Waals surface area (Å²) in [4.78, 5) is 36.5. The fraction of sp³-hybridized carbons (Fsp3) is 0.387. The van der Waals surface area contributed by atoms with Crippen molar-refractivity contribution in [2.75, 3.05) is 56.0 Å². The van der Waals surface area contributed by atoms with Crippen LogP contribution in [-0.2, 0) is 11.3 Å². The highest BCUT2D eigenvalue weighted by atomic mass is 35.5. The van der Waals surface area contributed by atoms with Crippen molar-refractivity contribution in [3.8, 4) is 11.1 Å². The van der Waals surface area contributed by atoms with Crippen LogP contribution in [-0.4, -0.2) is 78.5 Å². The first-order valence-corrected chi connectivity index (χ1v) is 14.3. The molecule has 0 atom stereocenters. The van der Waals surface area contributed by atoms with Crippen molar-refractivity contribution in [2.24, 2.45) is 0 Å². The predicted molar refractivity (Wildman–Crippen MR) is 161 cm³/mol. The Labute approximate surface area is 241 Å². The SMILES string of the molecule is Cc1ccc(Cl)cc1CN1CCNc2ncc(-c3cccc(C(=O)N4CCN(CC(=O)NC(C)C)CC4)c3)cc21. The van der Waals surface area contributed by atoms with Crippen LogP contribution in [0.25, 0.3) is 11.1 Å². The van der Waals surface area contributed by atoms with E-state index in [0.717, 1.165) is 47.3 Å². The van der Waals surface area contributed by atoms with Gasteiger partial charge in [0.1, 0.15) is 5.82 Å². The lowest BCUT2D eigenvalue weighted by molar-refractivity contribution is -0.123. The normalized spacial score (nSPS) is 15.5. The van der Waals surface area contributed by atoms with Gasteiger partial charge in [0.15, 0.2) is 0 Å². The molecule has 2 aromatic carbocycles. The minimum absolute atomic E-state index is 0.0128. The highest BCUT2D eigenvalue weighted by molar-refractivity contribution is 6.30. The molecule has 210 valence electrons.